The summed E-state index contributed by atoms with van der Waals surface area (Å²) in [7, 11) is 0. The number of aliphatic carboxylic acids is 1. The summed E-state index contributed by atoms with van der Waals surface area (Å²) in [6, 6.07) is 9.31. The number of rotatable bonds is 11. The molecule has 0 aromatic heterocycles. The number of nitrogen functional groups attached to an aromatic ring is 1. The van der Waals surface area contributed by atoms with Crippen LogP contribution >= 0.6 is 12.4 Å². The van der Waals surface area contributed by atoms with Crippen LogP contribution in [0.5, 0.6) is 5.75 Å². The number of hydrogen-bond acceptors (Lipinski definition) is 6. The molecule has 1 heterocycles. The number of nitrogens with zero attached hydrogens (tertiary/aromatic N) is 1. The maximum atomic E-state index is 12.9. The number of carbonyl (C=O) groups is 2. The number of ether oxygens (including phenoxy) is 1. The molecule has 0 bridgehead atoms. The molecule has 1 amide bonds. The van der Waals surface area contributed by atoms with E-state index in [2.05, 4.69) is 12.2 Å². The van der Waals surface area contributed by atoms with E-state index in [9.17, 15) is 14.7 Å². The van der Waals surface area contributed by atoms with Gasteiger partial charge in [0, 0.05) is 29.9 Å². The first kappa shape index (κ1) is 30.0. The number of carboxylic acid groups (broad SMARTS) is 1. The first-order valence-corrected chi connectivity index (χ1v) is 12.8. The summed E-state index contributed by atoms with van der Waals surface area (Å²) in [6.45, 7) is 5.38. The van der Waals surface area contributed by atoms with E-state index in [4.69, 9.17) is 15.9 Å². The molecule has 0 saturated carbocycles. The van der Waals surface area contributed by atoms with Crippen molar-refractivity contribution in [3.8, 4) is 5.75 Å². The number of carbonyl (C=O) groups excluding carboxylic acids is 2. The number of hydrogen-bond donors (Lipinski definition) is 3. The van der Waals surface area contributed by atoms with E-state index in [1.165, 1.54) is 0 Å². The molecule has 1 unspecified atom stereocenters. The Kier molecular flexibility index (Phi) is 11.7. The summed E-state index contributed by atoms with van der Waals surface area (Å²) in [5, 5.41) is 23.0. The van der Waals surface area contributed by atoms with Crippen LogP contribution < -0.4 is 20.9 Å². The molecule has 2 aromatic carbocycles. The lowest BCUT2D eigenvalue weighted by Gasteiger charge is -2.27. The van der Waals surface area contributed by atoms with Crippen LogP contribution in [-0.4, -0.2) is 42.3 Å². The predicted octanol–water partition coefficient (Wildman–Crippen LogP) is 3.59. The highest BCUT2D eigenvalue weighted by atomic mass is 35.5. The van der Waals surface area contributed by atoms with Gasteiger partial charge in [-0.25, -0.2) is 0 Å². The number of aryl methyl sites for hydroxylation is 2. The number of benzene rings is 2. The largest absolute Gasteiger partial charge is 0.548 e. The molecule has 8 nitrogen and oxygen atoms in total. The Bertz CT molecular complexity index is 1070. The quantitative estimate of drug-likeness (QED) is 0.301. The molecule has 37 heavy (non-hydrogen) atoms. The maximum absolute atomic E-state index is 12.9. The highest BCUT2D eigenvalue weighted by Crippen LogP contribution is 2.34. The van der Waals surface area contributed by atoms with Crippen LogP contribution in [0.1, 0.15) is 74.2 Å². The van der Waals surface area contributed by atoms with Crippen LogP contribution in [0.25, 0.3) is 0 Å². The first-order chi connectivity index (χ1) is 17.3. The van der Waals surface area contributed by atoms with Crippen LogP contribution in [-0.2, 0) is 22.4 Å². The fourth-order valence-electron chi connectivity index (χ4n) is 4.55. The van der Waals surface area contributed by atoms with Crippen molar-refractivity contribution in [2.45, 2.75) is 64.8 Å². The van der Waals surface area contributed by atoms with E-state index in [1.54, 1.807) is 24.3 Å². The summed E-state index contributed by atoms with van der Waals surface area (Å²) < 4.78 is 6.13. The average molecular weight is 530 g/mol. The van der Waals surface area contributed by atoms with Crippen LogP contribution in [0, 0.1) is 5.41 Å². The summed E-state index contributed by atoms with van der Waals surface area (Å²) in [4.78, 5) is 27.1. The van der Waals surface area contributed by atoms with E-state index in [-0.39, 0.29) is 30.8 Å². The Morgan fingerprint density at radius 2 is 1.76 bits per heavy atom. The third-order valence-corrected chi connectivity index (χ3v) is 6.53. The summed E-state index contributed by atoms with van der Waals surface area (Å²) in [5.41, 5.74) is 8.93. The van der Waals surface area contributed by atoms with Crippen molar-refractivity contribution in [3.63, 3.8) is 0 Å². The molecule has 1 atom stereocenters. The summed E-state index contributed by atoms with van der Waals surface area (Å²) >= 11 is 0. The second-order valence-electron chi connectivity index (χ2n) is 9.25. The van der Waals surface area contributed by atoms with Gasteiger partial charge in [-0.2, -0.15) is 0 Å². The standard InChI is InChI=1S/C28H38N4O4.ClH/c1-3-9-21-16-19(4-2)17-23(26(21)36-18-24(33)32-14-7-5-6-8-15-32)25(28(34)35)31-22-12-10-20(11-13-22)27(29)30;/h10-13,16-17,25,31H,3-9,14-15,18H2,1-2H3,(H3,29,30)(H,34,35);1H/p-1. The Balaban J connectivity index is 0.00000481. The molecule has 1 saturated heterocycles. The van der Waals surface area contributed by atoms with Gasteiger partial charge < -0.3 is 30.6 Å². The minimum absolute atomic E-state index is 0. The number of anilines is 1. The number of carboxylic acids is 1. The average Bonchev–Trinajstić information content (AvgIpc) is 3.16. The third kappa shape index (κ3) is 8.12. The smallest absolute Gasteiger partial charge is 0.260 e. The topological polar surface area (TPSA) is 132 Å². The molecule has 0 radical (unpaired) electrons. The summed E-state index contributed by atoms with van der Waals surface area (Å²) in [6.07, 6.45) is 6.50. The molecule has 9 heteroatoms. The van der Waals surface area contributed by atoms with Gasteiger partial charge in [-0.3, -0.25) is 10.2 Å². The number of halogens is 1. The van der Waals surface area contributed by atoms with Crippen molar-refractivity contribution in [2.75, 3.05) is 25.0 Å². The van der Waals surface area contributed by atoms with Crippen molar-refractivity contribution < 1.29 is 19.4 Å². The molecule has 1 aliphatic heterocycles. The highest BCUT2D eigenvalue weighted by molar-refractivity contribution is 5.95. The van der Waals surface area contributed by atoms with Crippen LogP contribution in [0.4, 0.5) is 5.69 Å². The molecular weight excluding hydrogens is 492 g/mol. The summed E-state index contributed by atoms with van der Waals surface area (Å²) in [5.74, 6) is -1.02. The van der Waals surface area contributed by atoms with Gasteiger partial charge in [-0.05, 0) is 67.1 Å². The minimum atomic E-state index is -1.30. The van der Waals surface area contributed by atoms with Crippen molar-refractivity contribution in [3.05, 3.63) is 58.7 Å². The van der Waals surface area contributed by atoms with E-state index >= 15 is 0 Å². The van der Waals surface area contributed by atoms with E-state index in [1.807, 2.05) is 24.0 Å². The predicted molar refractivity (Wildman–Crippen MR) is 146 cm³/mol. The van der Waals surface area contributed by atoms with Gasteiger partial charge in [0.25, 0.3) is 5.91 Å². The van der Waals surface area contributed by atoms with Crippen LogP contribution in [0.3, 0.4) is 0 Å². The molecule has 1 aliphatic rings. The van der Waals surface area contributed by atoms with Gasteiger partial charge in [-0.15, -0.1) is 12.4 Å². The zero-order valence-corrected chi connectivity index (χ0v) is 22.5. The van der Waals surface area contributed by atoms with Gasteiger partial charge >= 0.3 is 0 Å². The fraction of sp³-hybridized carbons (Fsp3) is 0.464. The molecule has 202 valence electrons. The minimum Gasteiger partial charge on any atom is -0.548 e. The molecule has 1 fully saturated rings. The van der Waals surface area contributed by atoms with Crippen LogP contribution in [0.2, 0.25) is 0 Å². The van der Waals surface area contributed by atoms with Crippen molar-refractivity contribution in [1.29, 1.82) is 5.41 Å². The monoisotopic (exact) mass is 529 g/mol. The lowest BCUT2D eigenvalue weighted by molar-refractivity contribution is -0.307. The number of nitrogens with one attached hydrogen (secondary N) is 2. The van der Waals surface area contributed by atoms with Crippen LogP contribution in [0.15, 0.2) is 36.4 Å². The van der Waals surface area contributed by atoms with Crippen molar-refractivity contribution >= 4 is 35.8 Å². The van der Waals surface area contributed by atoms with Gasteiger partial charge in [0.05, 0.1) is 12.0 Å². The van der Waals surface area contributed by atoms with E-state index in [0.717, 1.165) is 62.7 Å². The lowest BCUT2D eigenvalue weighted by Crippen LogP contribution is -2.37. The second-order valence-corrected chi connectivity index (χ2v) is 9.25. The first-order valence-electron chi connectivity index (χ1n) is 12.8. The number of amidine groups is 1. The Morgan fingerprint density at radius 1 is 1.11 bits per heavy atom. The number of nitrogens with two attached hydrogens (primary N) is 1. The highest BCUT2D eigenvalue weighted by Gasteiger charge is 2.23. The molecule has 2 aromatic rings. The molecular formula is C28H38ClN4O4-. The number of amides is 1. The Morgan fingerprint density at radius 3 is 2.30 bits per heavy atom. The SMILES string of the molecule is CCCc1cc(CC)cc(C(Nc2ccc(C(=N)N)cc2)C(=O)[O-])c1OCC(=O)N1CCCCCC1.Cl. The lowest BCUT2D eigenvalue weighted by atomic mass is 9.95. The Labute approximate surface area is 225 Å². The van der Waals surface area contributed by atoms with Gasteiger partial charge in [0.1, 0.15) is 11.6 Å². The zero-order chi connectivity index (χ0) is 26.1. The molecule has 0 spiro atoms. The fourth-order valence-corrected chi connectivity index (χ4v) is 4.55. The second kappa shape index (κ2) is 14.5. The van der Waals surface area contributed by atoms with Crippen molar-refractivity contribution in [2.24, 2.45) is 5.73 Å². The molecule has 3 rings (SSSR count). The number of likely N-dealkylation sites (tertiary alicyclic amines) is 1. The zero-order valence-electron chi connectivity index (χ0n) is 21.7. The normalized spacial score (nSPS) is 14.2. The van der Waals surface area contributed by atoms with Gasteiger partial charge in [0.15, 0.2) is 6.61 Å². The third-order valence-electron chi connectivity index (χ3n) is 6.53. The Hall–Kier alpha value is -3.26. The molecule has 4 N–H and O–H groups in total. The van der Waals surface area contributed by atoms with E-state index < -0.39 is 12.0 Å². The molecule has 0 aliphatic carbocycles. The van der Waals surface area contributed by atoms with Crippen molar-refractivity contribution in [1.82, 2.24) is 4.90 Å². The van der Waals surface area contributed by atoms with E-state index in [0.29, 0.717) is 29.0 Å². The van der Waals surface area contributed by atoms with Gasteiger partial charge in [-0.1, -0.05) is 39.2 Å². The maximum Gasteiger partial charge on any atom is 0.260 e. The van der Waals surface area contributed by atoms with Gasteiger partial charge in [0.2, 0.25) is 0 Å².